The highest BCUT2D eigenvalue weighted by Crippen LogP contribution is 2.26. The van der Waals surface area contributed by atoms with Crippen LogP contribution in [0.5, 0.6) is 5.75 Å². The number of carbonyl (C=O) groups is 1. The van der Waals surface area contributed by atoms with Gasteiger partial charge < -0.3 is 14.6 Å². The maximum absolute atomic E-state index is 12.9. The Balaban J connectivity index is 1.47. The van der Waals surface area contributed by atoms with E-state index in [9.17, 15) is 4.79 Å². The summed E-state index contributed by atoms with van der Waals surface area (Å²) >= 11 is 1.66. The Morgan fingerprint density at radius 2 is 1.82 bits per heavy atom. The highest BCUT2D eigenvalue weighted by Gasteiger charge is 2.16. The number of ether oxygens (including phenoxy) is 1. The van der Waals surface area contributed by atoms with Gasteiger partial charge in [0.05, 0.1) is 17.3 Å². The molecule has 0 aliphatic rings. The molecule has 28 heavy (non-hydrogen) atoms. The fraction of sp³-hybridized carbons (Fsp3) is 0.174. The molecular weight excluding hydrogens is 368 g/mol. The molecule has 2 aromatic heterocycles. The third-order valence-electron chi connectivity index (χ3n) is 4.80. The Labute approximate surface area is 168 Å². The number of rotatable bonds is 7. The van der Waals surface area contributed by atoms with Crippen molar-refractivity contribution in [2.24, 2.45) is 0 Å². The molecule has 0 spiro atoms. The molecule has 0 saturated carbocycles. The van der Waals surface area contributed by atoms with E-state index in [0.717, 1.165) is 22.4 Å². The minimum atomic E-state index is -0.0344. The van der Waals surface area contributed by atoms with Crippen LogP contribution in [-0.2, 0) is 13.0 Å². The van der Waals surface area contributed by atoms with E-state index in [0.29, 0.717) is 18.8 Å². The predicted octanol–water partition coefficient (Wildman–Crippen LogP) is 4.73. The minimum absolute atomic E-state index is 0.0344. The SMILES string of the molecule is COc1ccc(CCNC(=O)c2cc3sccc3n2Cc2ccccc2)cc1. The van der Waals surface area contributed by atoms with Crippen LogP contribution in [0.4, 0.5) is 0 Å². The van der Waals surface area contributed by atoms with Crippen LogP contribution < -0.4 is 10.1 Å². The van der Waals surface area contributed by atoms with Gasteiger partial charge in [-0.25, -0.2) is 0 Å². The number of thiophene rings is 1. The summed E-state index contributed by atoms with van der Waals surface area (Å²) in [6, 6.07) is 22.2. The van der Waals surface area contributed by atoms with Crippen molar-refractivity contribution in [3.8, 4) is 5.75 Å². The average molecular weight is 391 g/mol. The van der Waals surface area contributed by atoms with Crippen molar-refractivity contribution < 1.29 is 9.53 Å². The molecule has 1 N–H and O–H groups in total. The lowest BCUT2D eigenvalue weighted by molar-refractivity contribution is 0.0946. The van der Waals surface area contributed by atoms with E-state index in [-0.39, 0.29) is 5.91 Å². The molecule has 4 nitrogen and oxygen atoms in total. The highest BCUT2D eigenvalue weighted by molar-refractivity contribution is 7.17. The largest absolute Gasteiger partial charge is 0.497 e. The van der Waals surface area contributed by atoms with E-state index in [1.165, 1.54) is 11.1 Å². The van der Waals surface area contributed by atoms with Gasteiger partial charge in [-0.05, 0) is 47.2 Å². The molecule has 2 heterocycles. The zero-order valence-electron chi connectivity index (χ0n) is 15.7. The molecule has 0 aliphatic carbocycles. The first-order chi connectivity index (χ1) is 13.7. The number of carbonyl (C=O) groups excluding carboxylic acids is 1. The number of nitrogens with zero attached hydrogens (tertiary/aromatic N) is 1. The fourth-order valence-corrected chi connectivity index (χ4v) is 4.13. The molecule has 142 valence electrons. The van der Waals surface area contributed by atoms with Crippen molar-refractivity contribution in [3.63, 3.8) is 0 Å². The van der Waals surface area contributed by atoms with E-state index in [2.05, 4.69) is 33.5 Å². The van der Waals surface area contributed by atoms with Crippen LogP contribution in [-0.4, -0.2) is 24.1 Å². The Bertz CT molecular complexity index is 1070. The summed E-state index contributed by atoms with van der Waals surface area (Å²) < 4.78 is 8.42. The Kier molecular flexibility index (Phi) is 5.44. The molecule has 4 aromatic rings. The summed E-state index contributed by atoms with van der Waals surface area (Å²) in [6.45, 7) is 1.28. The number of benzene rings is 2. The number of fused-ring (bicyclic) bond motifs is 1. The molecular formula is C23H22N2O2S. The summed E-state index contributed by atoms with van der Waals surface area (Å²) in [5.74, 6) is 0.805. The second-order valence-electron chi connectivity index (χ2n) is 6.63. The maximum atomic E-state index is 12.9. The smallest absolute Gasteiger partial charge is 0.267 e. The van der Waals surface area contributed by atoms with Gasteiger partial charge in [0, 0.05) is 13.1 Å². The van der Waals surface area contributed by atoms with E-state index in [1.54, 1.807) is 18.4 Å². The van der Waals surface area contributed by atoms with Crippen LogP contribution in [0, 0.1) is 0 Å². The second kappa shape index (κ2) is 8.31. The van der Waals surface area contributed by atoms with Crippen molar-refractivity contribution in [3.05, 3.63) is 88.9 Å². The van der Waals surface area contributed by atoms with Crippen LogP contribution in [0.1, 0.15) is 21.6 Å². The van der Waals surface area contributed by atoms with Gasteiger partial charge >= 0.3 is 0 Å². The van der Waals surface area contributed by atoms with Crippen molar-refractivity contribution in [2.45, 2.75) is 13.0 Å². The number of amides is 1. The van der Waals surface area contributed by atoms with Gasteiger partial charge in [0.25, 0.3) is 5.91 Å². The van der Waals surface area contributed by atoms with E-state index in [1.807, 2.05) is 48.5 Å². The zero-order chi connectivity index (χ0) is 19.3. The van der Waals surface area contributed by atoms with Gasteiger partial charge in [-0.3, -0.25) is 4.79 Å². The van der Waals surface area contributed by atoms with Gasteiger partial charge in [-0.2, -0.15) is 0 Å². The van der Waals surface area contributed by atoms with E-state index < -0.39 is 0 Å². The first-order valence-electron chi connectivity index (χ1n) is 9.26. The molecule has 5 heteroatoms. The molecule has 0 fully saturated rings. The number of aromatic nitrogens is 1. The summed E-state index contributed by atoms with van der Waals surface area (Å²) in [6.07, 6.45) is 0.781. The van der Waals surface area contributed by atoms with Crippen LogP contribution in [0.15, 0.2) is 72.1 Å². The average Bonchev–Trinajstić information content (AvgIpc) is 3.32. The standard InChI is InChI=1S/C23H22N2O2S/c1-27-19-9-7-17(8-10-19)11-13-24-23(26)21-15-22-20(12-14-28-22)25(21)16-18-5-3-2-4-6-18/h2-10,12,14-15H,11,13,16H2,1H3,(H,24,26). The van der Waals surface area contributed by atoms with Crippen LogP contribution in [0.25, 0.3) is 10.2 Å². The maximum Gasteiger partial charge on any atom is 0.267 e. The predicted molar refractivity (Wildman–Crippen MR) is 114 cm³/mol. The normalized spacial score (nSPS) is 10.9. The molecule has 0 unspecified atom stereocenters. The monoisotopic (exact) mass is 390 g/mol. The van der Waals surface area contributed by atoms with Crippen molar-refractivity contribution >= 4 is 27.5 Å². The fourth-order valence-electron chi connectivity index (χ4n) is 3.30. The lowest BCUT2D eigenvalue weighted by atomic mass is 10.1. The summed E-state index contributed by atoms with van der Waals surface area (Å²) in [5, 5.41) is 5.13. The van der Waals surface area contributed by atoms with E-state index in [4.69, 9.17) is 4.74 Å². The molecule has 1 amide bonds. The van der Waals surface area contributed by atoms with Gasteiger partial charge in [-0.1, -0.05) is 42.5 Å². The lowest BCUT2D eigenvalue weighted by Crippen LogP contribution is -2.28. The van der Waals surface area contributed by atoms with Gasteiger partial charge in [0.15, 0.2) is 0 Å². The van der Waals surface area contributed by atoms with Crippen molar-refractivity contribution in [2.75, 3.05) is 13.7 Å². The third kappa shape index (κ3) is 3.94. The topological polar surface area (TPSA) is 43.3 Å². The Morgan fingerprint density at radius 1 is 1.04 bits per heavy atom. The number of nitrogens with one attached hydrogen (secondary N) is 1. The second-order valence-corrected chi connectivity index (χ2v) is 7.57. The van der Waals surface area contributed by atoms with Crippen molar-refractivity contribution in [1.82, 2.24) is 9.88 Å². The quantitative estimate of drug-likeness (QED) is 0.496. The molecule has 0 atom stereocenters. The Hall–Kier alpha value is -3.05. The van der Waals surface area contributed by atoms with Gasteiger partial charge in [-0.15, -0.1) is 11.3 Å². The molecule has 0 aliphatic heterocycles. The lowest BCUT2D eigenvalue weighted by Gasteiger charge is -2.11. The summed E-state index contributed by atoms with van der Waals surface area (Å²) in [7, 11) is 1.66. The zero-order valence-corrected chi connectivity index (χ0v) is 16.5. The third-order valence-corrected chi connectivity index (χ3v) is 5.65. The minimum Gasteiger partial charge on any atom is -0.497 e. The van der Waals surface area contributed by atoms with Crippen molar-refractivity contribution in [1.29, 1.82) is 0 Å². The first-order valence-corrected chi connectivity index (χ1v) is 10.1. The van der Waals surface area contributed by atoms with Crippen LogP contribution in [0.2, 0.25) is 0 Å². The molecule has 2 aromatic carbocycles. The molecule has 0 saturated heterocycles. The Morgan fingerprint density at radius 3 is 2.57 bits per heavy atom. The highest BCUT2D eigenvalue weighted by atomic mass is 32.1. The molecule has 0 bridgehead atoms. The van der Waals surface area contributed by atoms with E-state index >= 15 is 0 Å². The molecule has 4 rings (SSSR count). The van der Waals surface area contributed by atoms with Gasteiger partial charge in [0.1, 0.15) is 11.4 Å². The summed E-state index contributed by atoms with van der Waals surface area (Å²) in [5.41, 5.74) is 4.16. The number of hydrogen-bond acceptors (Lipinski definition) is 3. The van der Waals surface area contributed by atoms with Crippen LogP contribution in [0.3, 0.4) is 0 Å². The summed E-state index contributed by atoms with van der Waals surface area (Å²) in [4.78, 5) is 12.9. The molecule has 0 radical (unpaired) electrons. The number of hydrogen-bond donors (Lipinski definition) is 1. The van der Waals surface area contributed by atoms with Gasteiger partial charge in [0.2, 0.25) is 0 Å². The van der Waals surface area contributed by atoms with Crippen LogP contribution >= 0.6 is 11.3 Å². The number of methoxy groups -OCH3 is 1. The first kappa shape index (κ1) is 18.3.